The second-order valence-electron chi connectivity index (χ2n) is 6.83. The first-order valence-electron chi connectivity index (χ1n) is 9.29. The van der Waals surface area contributed by atoms with Crippen LogP contribution in [0.3, 0.4) is 0 Å². The lowest BCUT2D eigenvalue weighted by atomic mass is 10.1. The van der Waals surface area contributed by atoms with Gasteiger partial charge in [-0.25, -0.2) is 0 Å². The van der Waals surface area contributed by atoms with Gasteiger partial charge in [0.05, 0.1) is 5.02 Å². The normalized spacial score (nSPS) is 10.6. The minimum absolute atomic E-state index is 0.162. The lowest BCUT2D eigenvalue weighted by Gasteiger charge is -2.13. The third kappa shape index (κ3) is 5.82. The van der Waals surface area contributed by atoms with Gasteiger partial charge in [0.2, 0.25) is 0 Å². The summed E-state index contributed by atoms with van der Waals surface area (Å²) in [6, 6.07) is 16.5. The summed E-state index contributed by atoms with van der Waals surface area (Å²) in [6.45, 7) is 4.28. The zero-order valence-electron chi connectivity index (χ0n) is 16.6. The van der Waals surface area contributed by atoms with Gasteiger partial charge in [-0.15, -0.1) is 0 Å². The Balaban J connectivity index is 1.55. The molecule has 0 aliphatic rings. The van der Waals surface area contributed by atoms with E-state index in [-0.39, 0.29) is 12.5 Å². The zero-order chi connectivity index (χ0) is 21.7. The van der Waals surface area contributed by atoms with Gasteiger partial charge in [-0.1, -0.05) is 53.0 Å². The molecule has 0 atom stereocenters. The Kier molecular flexibility index (Phi) is 7.48. The molecule has 3 rings (SSSR count). The van der Waals surface area contributed by atoms with Crippen LogP contribution in [0.15, 0.2) is 54.6 Å². The largest absolute Gasteiger partial charge is 0.482 e. The van der Waals surface area contributed by atoms with Crippen LogP contribution in [0.1, 0.15) is 16.7 Å². The first-order chi connectivity index (χ1) is 14.3. The molecule has 0 bridgehead atoms. The van der Waals surface area contributed by atoms with Crippen molar-refractivity contribution in [2.75, 3.05) is 17.2 Å². The van der Waals surface area contributed by atoms with Crippen LogP contribution in [0.2, 0.25) is 15.1 Å². The number of ether oxygens (including phenoxy) is 1. The summed E-state index contributed by atoms with van der Waals surface area (Å²) in [5.41, 5.74) is 4.49. The zero-order valence-corrected chi connectivity index (χ0v) is 18.8. The summed E-state index contributed by atoms with van der Waals surface area (Å²) >= 11 is 18.6. The summed E-state index contributed by atoms with van der Waals surface area (Å²) in [5.74, 6) is 0.143. The molecule has 3 aromatic carbocycles. The minimum atomic E-state index is -0.298. The van der Waals surface area contributed by atoms with Crippen LogP contribution >= 0.6 is 34.8 Å². The second kappa shape index (κ2) is 10.1. The fraction of sp³-hybridized carbons (Fsp3) is 0.174. The van der Waals surface area contributed by atoms with Crippen molar-refractivity contribution < 1.29 is 9.53 Å². The van der Waals surface area contributed by atoms with Crippen molar-refractivity contribution in [2.24, 2.45) is 0 Å². The summed E-state index contributed by atoms with van der Waals surface area (Å²) in [5, 5.41) is 7.83. The molecule has 1 amide bonds. The van der Waals surface area contributed by atoms with Crippen LogP contribution in [-0.2, 0) is 11.3 Å². The summed E-state index contributed by atoms with van der Waals surface area (Å²) < 4.78 is 5.56. The number of halogens is 3. The molecule has 0 heterocycles. The molecule has 0 radical (unpaired) electrons. The van der Waals surface area contributed by atoms with Gasteiger partial charge in [0.15, 0.2) is 6.61 Å². The monoisotopic (exact) mass is 462 g/mol. The van der Waals surface area contributed by atoms with Crippen LogP contribution in [0.25, 0.3) is 0 Å². The molecule has 4 nitrogen and oxygen atoms in total. The Morgan fingerprint density at radius 2 is 1.73 bits per heavy atom. The quantitative estimate of drug-likeness (QED) is 0.401. The molecule has 0 aliphatic carbocycles. The Morgan fingerprint density at radius 1 is 0.933 bits per heavy atom. The predicted octanol–water partition coefficient (Wildman–Crippen LogP) is 6.89. The number of benzene rings is 3. The Labute approximate surface area is 191 Å². The first-order valence-corrected chi connectivity index (χ1v) is 10.4. The summed E-state index contributed by atoms with van der Waals surface area (Å²) in [6.07, 6.45) is 0. The molecular weight excluding hydrogens is 443 g/mol. The Bertz CT molecular complexity index is 1070. The van der Waals surface area contributed by atoms with E-state index >= 15 is 0 Å². The fourth-order valence-corrected chi connectivity index (χ4v) is 3.39. The Hall–Kier alpha value is -2.40. The van der Waals surface area contributed by atoms with E-state index in [1.807, 2.05) is 44.2 Å². The van der Waals surface area contributed by atoms with Gasteiger partial charge < -0.3 is 15.4 Å². The lowest BCUT2D eigenvalue weighted by molar-refractivity contribution is -0.118. The molecule has 0 unspecified atom stereocenters. The average Bonchev–Trinajstić information content (AvgIpc) is 2.71. The van der Waals surface area contributed by atoms with Crippen molar-refractivity contribution in [1.29, 1.82) is 0 Å². The van der Waals surface area contributed by atoms with E-state index < -0.39 is 0 Å². The van der Waals surface area contributed by atoms with E-state index in [4.69, 9.17) is 39.5 Å². The number of rotatable bonds is 7. The van der Waals surface area contributed by atoms with Gasteiger partial charge in [-0.2, -0.15) is 0 Å². The molecule has 2 N–H and O–H groups in total. The maximum Gasteiger partial charge on any atom is 0.262 e. The number of anilines is 2. The van der Waals surface area contributed by atoms with Crippen molar-refractivity contribution >= 4 is 52.1 Å². The molecular formula is C23H21Cl3N2O2. The predicted molar refractivity (Wildman–Crippen MR) is 125 cm³/mol. The van der Waals surface area contributed by atoms with Crippen molar-refractivity contribution in [2.45, 2.75) is 20.4 Å². The number of carbonyl (C=O) groups excluding carboxylic acids is 1. The molecule has 0 saturated carbocycles. The number of hydrogen-bond acceptors (Lipinski definition) is 3. The molecule has 7 heteroatoms. The molecule has 30 heavy (non-hydrogen) atoms. The van der Waals surface area contributed by atoms with Gasteiger partial charge in [0, 0.05) is 28.0 Å². The lowest BCUT2D eigenvalue weighted by Crippen LogP contribution is -2.20. The summed E-state index contributed by atoms with van der Waals surface area (Å²) in [7, 11) is 0. The second-order valence-corrected chi connectivity index (χ2v) is 8.05. The number of nitrogens with one attached hydrogen (secondary N) is 2. The van der Waals surface area contributed by atoms with Crippen molar-refractivity contribution in [3.8, 4) is 5.75 Å². The van der Waals surface area contributed by atoms with Crippen molar-refractivity contribution in [3.05, 3.63) is 86.4 Å². The maximum atomic E-state index is 12.1. The number of carbonyl (C=O) groups is 1. The highest BCUT2D eigenvalue weighted by molar-refractivity contribution is 6.32. The maximum absolute atomic E-state index is 12.1. The van der Waals surface area contributed by atoms with E-state index in [2.05, 4.69) is 10.6 Å². The van der Waals surface area contributed by atoms with Crippen LogP contribution in [0.4, 0.5) is 11.4 Å². The van der Waals surface area contributed by atoms with Gasteiger partial charge in [-0.3, -0.25) is 4.79 Å². The number of aryl methyl sites for hydroxylation is 1. The smallest absolute Gasteiger partial charge is 0.262 e. The van der Waals surface area contributed by atoms with Crippen LogP contribution in [-0.4, -0.2) is 12.5 Å². The fourth-order valence-electron chi connectivity index (χ4n) is 2.78. The molecule has 3 aromatic rings. The molecule has 0 aliphatic heterocycles. The van der Waals surface area contributed by atoms with E-state index in [0.717, 1.165) is 22.4 Å². The van der Waals surface area contributed by atoms with Gasteiger partial charge in [0.25, 0.3) is 5.91 Å². The number of amides is 1. The highest BCUT2D eigenvalue weighted by Crippen LogP contribution is 2.27. The van der Waals surface area contributed by atoms with Crippen LogP contribution in [0.5, 0.6) is 5.75 Å². The minimum Gasteiger partial charge on any atom is -0.482 e. The topological polar surface area (TPSA) is 50.4 Å². The van der Waals surface area contributed by atoms with Crippen molar-refractivity contribution in [3.63, 3.8) is 0 Å². The molecule has 0 aromatic heterocycles. The van der Waals surface area contributed by atoms with E-state index in [9.17, 15) is 4.79 Å². The van der Waals surface area contributed by atoms with Crippen molar-refractivity contribution in [1.82, 2.24) is 0 Å². The SMILES string of the molecule is Cc1ccc(NC(=O)COc2ccc(CNc3cccc(Cl)c3C)cc2Cl)cc1Cl. The van der Waals surface area contributed by atoms with E-state index in [0.29, 0.717) is 33.0 Å². The number of hydrogen-bond donors (Lipinski definition) is 2. The highest BCUT2D eigenvalue weighted by atomic mass is 35.5. The van der Waals surface area contributed by atoms with Crippen LogP contribution in [0, 0.1) is 13.8 Å². The average molecular weight is 464 g/mol. The van der Waals surface area contributed by atoms with E-state index in [1.165, 1.54) is 0 Å². The third-order valence-corrected chi connectivity index (χ3v) is 5.67. The summed E-state index contributed by atoms with van der Waals surface area (Å²) in [4.78, 5) is 12.1. The standard InChI is InChI=1S/C23H21Cl3N2O2/c1-14-6-8-17(11-19(14)25)28-23(29)13-30-22-9-7-16(10-20(22)26)12-27-21-5-3-4-18(24)15(21)2/h3-11,27H,12-13H2,1-2H3,(H,28,29). The van der Waals surface area contributed by atoms with Gasteiger partial charge >= 0.3 is 0 Å². The molecule has 156 valence electrons. The molecule has 0 saturated heterocycles. The van der Waals surface area contributed by atoms with Gasteiger partial charge in [0.1, 0.15) is 5.75 Å². The third-order valence-electron chi connectivity index (χ3n) is 4.56. The Morgan fingerprint density at radius 3 is 2.47 bits per heavy atom. The van der Waals surface area contributed by atoms with Gasteiger partial charge in [-0.05, 0) is 66.9 Å². The molecule has 0 spiro atoms. The first kappa shape index (κ1) is 22.3. The highest BCUT2D eigenvalue weighted by Gasteiger charge is 2.09. The van der Waals surface area contributed by atoms with E-state index in [1.54, 1.807) is 24.3 Å². The van der Waals surface area contributed by atoms with Crippen LogP contribution < -0.4 is 15.4 Å². The molecule has 0 fully saturated rings.